The Morgan fingerprint density at radius 2 is 2.46 bits per heavy atom. The van der Waals surface area contributed by atoms with Crippen LogP contribution in [0.25, 0.3) is 0 Å². The second kappa shape index (κ2) is 4.77. The maximum atomic E-state index is 11.2. The first-order chi connectivity index (χ1) is 6.29. The maximum absolute atomic E-state index is 11.2. The van der Waals surface area contributed by atoms with E-state index >= 15 is 0 Å². The van der Waals surface area contributed by atoms with Gasteiger partial charge in [0.15, 0.2) is 0 Å². The summed E-state index contributed by atoms with van der Waals surface area (Å²) in [5.74, 6) is -0.323. The molecule has 0 N–H and O–H groups in total. The van der Waals surface area contributed by atoms with Gasteiger partial charge in [0, 0.05) is 6.42 Å². The second-order valence-electron chi connectivity index (χ2n) is 2.47. The average molecular weight is 198 g/mol. The molecule has 0 aliphatic carbocycles. The van der Waals surface area contributed by atoms with Gasteiger partial charge < -0.3 is 9.53 Å². The molecule has 0 saturated heterocycles. The zero-order valence-corrected chi connectivity index (χ0v) is 8.10. The van der Waals surface area contributed by atoms with E-state index in [0.29, 0.717) is 17.7 Å². The van der Waals surface area contributed by atoms with Crippen molar-refractivity contribution in [2.45, 2.75) is 12.8 Å². The van der Waals surface area contributed by atoms with Gasteiger partial charge in [-0.3, -0.25) is 0 Å². The minimum Gasteiger partial charge on any atom is -0.465 e. The first kappa shape index (κ1) is 9.92. The van der Waals surface area contributed by atoms with Crippen molar-refractivity contribution >= 4 is 23.6 Å². The van der Waals surface area contributed by atoms with Crippen molar-refractivity contribution in [2.75, 3.05) is 7.11 Å². The fraction of sp³-hybridized carbons (Fsp3) is 0.333. The Morgan fingerprint density at radius 1 is 1.69 bits per heavy atom. The van der Waals surface area contributed by atoms with Gasteiger partial charge in [0.2, 0.25) is 0 Å². The summed E-state index contributed by atoms with van der Waals surface area (Å²) in [6.07, 6.45) is 1.90. The molecule has 0 radical (unpaired) electrons. The quantitative estimate of drug-likeness (QED) is 0.546. The van der Waals surface area contributed by atoms with E-state index in [9.17, 15) is 9.59 Å². The lowest BCUT2D eigenvalue weighted by Crippen LogP contribution is -2.01. The molecular formula is C9H10O3S. The maximum Gasteiger partial charge on any atom is 0.348 e. The summed E-state index contributed by atoms with van der Waals surface area (Å²) in [5, 5.41) is 1.83. The molecule has 0 aliphatic heterocycles. The Bertz CT molecular complexity index is 304. The number of methoxy groups -OCH3 is 1. The molecule has 4 heteroatoms. The number of carbonyl (C=O) groups is 2. The van der Waals surface area contributed by atoms with E-state index in [1.54, 1.807) is 0 Å². The number of aryl methyl sites for hydroxylation is 1. The van der Waals surface area contributed by atoms with Crippen LogP contribution in [0, 0.1) is 0 Å². The van der Waals surface area contributed by atoms with Crippen LogP contribution < -0.4 is 0 Å². The van der Waals surface area contributed by atoms with E-state index in [1.807, 2.05) is 11.4 Å². The average Bonchev–Trinajstić information content (AvgIpc) is 2.61. The van der Waals surface area contributed by atoms with Crippen molar-refractivity contribution in [2.24, 2.45) is 0 Å². The molecule has 70 valence electrons. The fourth-order valence-electron chi connectivity index (χ4n) is 1.02. The van der Waals surface area contributed by atoms with Crippen molar-refractivity contribution in [3.8, 4) is 0 Å². The predicted molar refractivity (Wildman–Crippen MR) is 50.0 cm³/mol. The molecule has 0 aliphatic rings. The number of hydrogen-bond acceptors (Lipinski definition) is 4. The van der Waals surface area contributed by atoms with Crippen molar-refractivity contribution in [1.29, 1.82) is 0 Å². The van der Waals surface area contributed by atoms with E-state index in [-0.39, 0.29) is 5.97 Å². The Morgan fingerprint density at radius 3 is 3.08 bits per heavy atom. The summed E-state index contributed by atoms with van der Waals surface area (Å²) in [4.78, 5) is 21.9. The van der Waals surface area contributed by atoms with E-state index in [4.69, 9.17) is 0 Å². The highest BCUT2D eigenvalue weighted by atomic mass is 32.1. The smallest absolute Gasteiger partial charge is 0.348 e. The van der Waals surface area contributed by atoms with Gasteiger partial charge >= 0.3 is 5.97 Å². The van der Waals surface area contributed by atoms with Crippen LogP contribution in [0.4, 0.5) is 0 Å². The molecule has 0 aromatic carbocycles. The molecule has 1 heterocycles. The Hall–Kier alpha value is -1.16. The zero-order chi connectivity index (χ0) is 9.68. The van der Waals surface area contributed by atoms with Crippen molar-refractivity contribution < 1.29 is 14.3 Å². The van der Waals surface area contributed by atoms with Crippen LogP contribution in [0.15, 0.2) is 11.4 Å². The molecule has 1 aromatic rings. The van der Waals surface area contributed by atoms with Gasteiger partial charge in [0.05, 0.1) is 7.11 Å². The fourth-order valence-corrected chi connectivity index (χ4v) is 1.89. The SMILES string of the molecule is COC(=O)c1sccc1CCC=O. The van der Waals surface area contributed by atoms with Crippen LogP contribution >= 0.6 is 11.3 Å². The molecule has 0 fully saturated rings. The highest BCUT2D eigenvalue weighted by molar-refractivity contribution is 7.12. The minimum absolute atomic E-state index is 0.323. The number of esters is 1. The summed E-state index contributed by atoms with van der Waals surface area (Å²) in [6.45, 7) is 0. The predicted octanol–water partition coefficient (Wildman–Crippen LogP) is 1.67. The summed E-state index contributed by atoms with van der Waals surface area (Å²) in [6, 6.07) is 1.85. The van der Waals surface area contributed by atoms with Gasteiger partial charge in [0.25, 0.3) is 0 Å². The molecule has 0 saturated carbocycles. The molecule has 0 spiro atoms. The standard InChI is InChI=1S/C9H10O3S/c1-12-9(11)8-7(3-2-5-10)4-6-13-8/h4-6H,2-3H2,1H3. The number of thiophene rings is 1. The summed E-state index contributed by atoms with van der Waals surface area (Å²) >= 11 is 1.34. The second-order valence-corrected chi connectivity index (χ2v) is 3.39. The lowest BCUT2D eigenvalue weighted by Gasteiger charge is -1.98. The normalized spacial score (nSPS) is 9.62. The molecule has 0 unspecified atom stereocenters. The third-order valence-corrected chi connectivity index (χ3v) is 2.59. The van der Waals surface area contributed by atoms with E-state index in [1.165, 1.54) is 18.4 Å². The topological polar surface area (TPSA) is 43.4 Å². The zero-order valence-electron chi connectivity index (χ0n) is 7.28. The first-order valence-electron chi connectivity index (χ1n) is 3.88. The Labute approximate surface area is 80.3 Å². The summed E-state index contributed by atoms with van der Waals surface area (Å²) in [5.41, 5.74) is 0.893. The van der Waals surface area contributed by atoms with Crippen molar-refractivity contribution in [1.82, 2.24) is 0 Å². The Balaban J connectivity index is 2.76. The van der Waals surface area contributed by atoms with E-state index < -0.39 is 0 Å². The first-order valence-corrected chi connectivity index (χ1v) is 4.76. The molecule has 13 heavy (non-hydrogen) atoms. The molecular weight excluding hydrogens is 188 g/mol. The number of aldehydes is 1. The largest absolute Gasteiger partial charge is 0.465 e. The molecule has 0 bridgehead atoms. The van der Waals surface area contributed by atoms with Crippen LogP contribution in [0.3, 0.4) is 0 Å². The van der Waals surface area contributed by atoms with Crippen LogP contribution in [-0.2, 0) is 16.0 Å². The highest BCUT2D eigenvalue weighted by Gasteiger charge is 2.12. The molecule has 1 rings (SSSR count). The third-order valence-electron chi connectivity index (χ3n) is 1.65. The number of carbonyl (C=O) groups excluding carboxylic acids is 2. The lowest BCUT2D eigenvalue weighted by molar-refractivity contribution is -0.107. The van der Waals surface area contributed by atoms with Crippen molar-refractivity contribution in [3.63, 3.8) is 0 Å². The minimum atomic E-state index is -0.323. The molecule has 3 nitrogen and oxygen atoms in total. The van der Waals surface area contributed by atoms with E-state index in [2.05, 4.69) is 4.74 Å². The van der Waals surface area contributed by atoms with Gasteiger partial charge in [0.1, 0.15) is 11.2 Å². The van der Waals surface area contributed by atoms with Gasteiger partial charge in [-0.2, -0.15) is 0 Å². The van der Waals surface area contributed by atoms with Crippen molar-refractivity contribution in [3.05, 3.63) is 21.9 Å². The van der Waals surface area contributed by atoms with Crippen LogP contribution in [0.1, 0.15) is 21.7 Å². The van der Waals surface area contributed by atoms with Crippen LogP contribution in [-0.4, -0.2) is 19.4 Å². The summed E-state index contributed by atoms with van der Waals surface area (Å²) in [7, 11) is 1.35. The third kappa shape index (κ3) is 2.39. The molecule has 1 aromatic heterocycles. The van der Waals surface area contributed by atoms with Gasteiger partial charge in [-0.25, -0.2) is 4.79 Å². The lowest BCUT2D eigenvalue weighted by atomic mass is 10.1. The molecule has 0 amide bonds. The van der Waals surface area contributed by atoms with Gasteiger partial charge in [-0.15, -0.1) is 11.3 Å². The number of ether oxygens (including phenoxy) is 1. The van der Waals surface area contributed by atoms with Crippen LogP contribution in [0.5, 0.6) is 0 Å². The molecule has 0 atom stereocenters. The van der Waals surface area contributed by atoms with Crippen LogP contribution in [0.2, 0.25) is 0 Å². The van der Waals surface area contributed by atoms with Gasteiger partial charge in [-0.05, 0) is 23.4 Å². The Kier molecular flexibility index (Phi) is 3.64. The monoisotopic (exact) mass is 198 g/mol. The van der Waals surface area contributed by atoms with Gasteiger partial charge in [-0.1, -0.05) is 0 Å². The number of hydrogen-bond donors (Lipinski definition) is 0. The highest BCUT2D eigenvalue weighted by Crippen LogP contribution is 2.18. The van der Waals surface area contributed by atoms with E-state index in [0.717, 1.165) is 11.8 Å². The number of rotatable bonds is 4. The summed E-state index contributed by atoms with van der Waals surface area (Å²) < 4.78 is 4.60.